The minimum Gasteiger partial charge on any atom is -0.483 e. The van der Waals surface area contributed by atoms with Crippen LogP contribution in [0.3, 0.4) is 0 Å². The molecule has 0 spiro atoms. The molecule has 41 heavy (non-hydrogen) atoms. The van der Waals surface area contributed by atoms with Gasteiger partial charge in [-0.3, -0.25) is 9.69 Å². The van der Waals surface area contributed by atoms with E-state index in [4.69, 9.17) is 9.90 Å². The molecular weight excluding hydrogens is 545 g/mol. The Labute approximate surface area is 235 Å². The van der Waals surface area contributed by atoms with Crippen LogP contribution < -0.4 is 10.2 Å². The zero-order chi connectivity index (χ0) is 29.9. The number of nitrogens with one attached hydrogen (secondary N) is 1. The second-order valence-electron chi connectivity index (χ2n) is 10.6. The maximum Gasteiger partial charge on any atom is 0.416 e. The maximum atomic E-state index is 13.7. The average molecular weight is 580 g/mol. The minimum absolute atomic E-state index is 0.0630. The fourth-order valence-electron chi connectivity index (χ4n) is 5.86. The number of aryl methyl sites for hydroxylation is 1. The molecular formula is C29H34F5N5O2. The number of benzene rings is 2. The summed E-state index contributed by atoms with van der Waals surface area (Å²) < 4.78 is 67.7. The van der Waals surface area contributed by atoms with Gasteiger partial charge in [-0.25, -0.2) is 8.78 Å². The molecule has 3 heterocycles. The van der Waals surface area contributed by atoms with Gasteiger partial charge in [0.25, 0.3) is 12.4 Å². The average Bonchev–Trinajstić information content (AvgIpc) is 3.29. The van der Waals surface area contributed by atoms with Gasteiger partial charge in [0.2, 0.25) is 0 Å². The number of aromatic nitrogens is 2. The zero-order valence-corrected chi connectivity index (χ0v) is 23.2. The number of carboxylic acid groups (broad SMARTS) is 1. The van der Waals surface area contributed by atoms with E-state index in [9.17, 15) is 22.0 Å². The molecule has 0 bridgehead atoms. The number of piperidine rings is 1. The van der Waals surface area contributed by atoms with E-state index in [1.54, 1.807) is 6.07 Å². The van der Waals surface area contributed by atoms with Gasteiger partial charge in [-0.1, -0.05) is 18.2 Å². The Bertz CT molecular complexity index is 1380. The maximum absolute atomic E-state index is 13.7. The normalized spacial score (nSPS) is 18.6. The summed E-state index contributed by atoms with van der Waals surface area (Å²) in [5.41, 5.74) is 1.84. The molecule has 0 radical (unpaired) electrons. The van der Waals surface area contributed by atoms with Gasteiger partial charge in [0.15, 0.2) is 5.82 Å². The third kappa shape index (κ3) is 6.86. The fraction of sp³-hybridized carbons (Fsp3) is 0.483. The molecule has 1 atom stereocenters. The van der Waals surface area contributed by atoms with Crippen LogP contribution in [0.2, 0.25) is 0 Å². The summed E-state index contributed by atoms with van der Waals surface area (Å²) in [6, 6.07) is 10.0. The van der Waals surface area contributed by atoms with Crippen LogP contribution in [-0.4, -0.2) is 64.8 Å². The molecule has 0 saturated carbocycles. The lowest BCUT2D eigenvalue weighted by Crippen LogP contribution is -2.44. The van der Waals surface area contributed by atoms with Gasteiger partial charge >= 0.3 is 6.18 Å². The molecule has 2 saturated heterocycles. The van der Waals surface area contributed by atoms with Gasteiger partial charge in [-0.15, -0.1) is 5.10 Å². The van der Waals surface area contributed by atoms with Crippen molar-refractivity contribution in [3.8, 4) is 0 Å². The summed E-state index contributed by atoms with van der Waals surface area (Å²) in [6.07, 6.45) is -2.85. The standard InChI is InChI=1S/C28H32F5N5.CH2O2/c1-17-22(5-4-6-25(17)28(31,32)33)18(2)34-26-24-15-21(7-8-23(24)19(3)35-36-26)37-12-9-20(10-13-37)38-14-11-27(29,30)16-38;2-1-3/h4-8,15,18,20H,9-14,16H2,1-3H3,(H,34,36);1H,(H,2,3)/t18-;/m1./s1. The smallest absolute Gasteiger partial charge is 0.416 e. The molecule has 2 aromatic carbocycles. The number of carbonyl (C=O) groups is 1. The first-order chi connectivity index (χ1) is 19.3. The van der Waals surface area contributed by atoms with E-state index < -0.39 is 23.7 Å². The molecule has 2 fully saturated rings. The van der Waals surface area contributed by atoms with Crippen molar-refractivity contribution < 1.29 is 31.9 Å². The molecule has 2 aliphatic rings. The van der Waals surface area contributed by atoms with E-state index in [0.29, 0.717) is 17.9 Å². The lowest BCUT2D eigenvalue weighted by atomic mass is 9.97. The summed E-state index contributed by atoms with van der Waals surface area (Å²) in [6.45, 7) is 6.74. The van der Waals surface area contributed by atoms with Gasteiger partial charge in [0.05, 0.1) is 23.8 Å². The Balaban J connectivity index is 0.00000124. The van der Waals surface area contributed by atoms with Crippen molar-refractivity contribution in [1.82, 2.24) is 15.1 Å². The number of anilines is 2. The van der Waals surface area contributed by atoms with Gasteiger partial charge in [0.1, 0.15) is 0 Å². The van der Waals surface area contributed by atoms with Crippen LogP contribution in [0.4, 0.5) is 33.5 Å². The molecule has 222 valence electrons. The lowest BCUT2D eigenvalue weighted by Gasteiger charge is -2.38. The SMILES string of the molecule is Cc1c([C@@H](C)Nc2nnc(C)c3ccc(N4CCC(N5CCC(F)(F)C5)CC4)cc23)cccc1C(F)(F)F.O=CO. The highest BCUT2D eigenvalue weighted by Crippen LogP contribution is 2.37. The van der Waals surface area contributed by atoms with Crippen LogP contribution in [0.1, 0.15) is 54.6 Å². The van der Waals surface area contributed by atoms with E-state index >= 15 is 0 Å². The molecule has 2 aliphatic heterocycles. The monoisotopic (exact) mass is 579 g/mol. The number of nitrogens with zero attached hydrogens (tertiary/aromatic N) is 4. The van der Waals surface area contributed by atoms with E-state index in [1.807, 2.05) is 36.9 Å². The van der Waals surface area contributed by atoms with Crippen molar-refractivity contribution >= 4 is 28.7 Å². The fourth-order valence-corrected chi connectivity index (χ4v) is 5.86. The highest BCUT2D eigenvalue weighted by Gasteiger charge is 2.41. The first-order valence-corrected chi connectivity index (χ1v) is 13.5. The number of hydrogen-bond donors (Lipinski definition) is 2. The lowest BCUT2D eigenvalue weighted by molar-refractivity contribution is -0.138. The van der Waals surface area contributed by atoms with Crippen LogP contribution in [0, 0.1) is 13.8 Å². The Morgan fingerprint density at radius 1 is 1.07 bits per heavy atom. The third-order valence-corrected chi connectivity index (χ3v) is 7.99. The number of hydrogen-bond acceptors (Lipinski definition) is 6. The Morgan fingerprint density at radius 3 is 2.37 bits per heavy atom. The minimum atomic E-state index is -4.42. The van der Waals surface area contributed by atoms with Crippen molar-refractivity contribution in [3.63, 3.8) is 0 Å². The van der Waals surface area contributed by atoms with Gasteiger partial charge in [-0.05, 0) is 62.9 Å². The molecule has 0 unspecified atom stereocenters. The Morgan fingerprint density at radius 2 is 1.76 bits per heavy atom. The second kappa shape index (κ2) is 12.1. The predicted molar refractivity (Wildman–Crippen MR) is 148 cm³/mol. The van der Waals surface area contributed by atoms with E-state index in [2.05, 4.69) is 20.4 Å². The second-order valence-corrected chi connectivity index (χ2v) is 10.6. The summed E-state index contributed by atoms with van der Waals surface area (Å²) in [5.74, 6) is -2.08. The highest BCUT2D eigenvalue weighted by molar-refractivity contribution is 5.95. The molecule has 12 heteroatoms. The van der Waals surface area contributed by atoms with E-state index in [1.165, 1.54) is 13.0 Å². The summed E-state index contributed by atoms with van der Waals surface area (Å²) in [4.78, 5) is 12.5. The molecule has 0 aliphatic carbocycles. The topological polar surface area (TPSA) is 81.6 Å². The van der Waals surface area contributed by atoms with Crippen LogP contribution in [-0.2, 0) is 11.0 Å². The highest BCUT2D eigenvalue weighted by atomic mass is 19.4. The number of alkyl halides is 5. The molecule has 1 aromatic heterocycles. The largest absolute Gasteiger partial charge is 0.483 e. The predicted octanol–water partition coefficient (Wildman–Crippen LogP) is 6.45. The first-order valence-electron chi connectivity index (χ1n) is 13.5. The van der Waals surface area contributed by atoms with Crippen molar-refractivity contribution in [3.05, 3.63) is 58.8 Å². The Kier molecular flexibility index (Phi) is 9.00. The first kappa shape index (κ1) is 30.4. The zero-order valence-electron chi connectivity index (χ0n) is 23.2. The van der Waals surface area contributed by atoms with Crippen LogP contribution in [0.5, 0.6) is 0 Å². The molecule has 0 amide bonds. The quantitative estimate of drug-likeness (QED) is 0.266. The van der Waals surface area contributed by atoms with Crippen molar-refractivity contribution in [2.24, 2.45) is 0 Å². The van der Waals surface area contributed by atoms with Crippen LogP contribution >= 0.6 is 0 Å². The molecule has 3 aromatic rings. The number of rotatable bonds is 5. The van der Waals surface area contributed by atoms with Crippen molar-refractivity contribution in [1.29, 1.82) is 0 Å². The van der Waals surface area contributed by atoms with Crippen molar-refractivity contribution in [2.45, 2.75) is 64.2 Å². The number of halogens is 5. The van der Waals surface area contributed by atoms with Gasteiger partial charge in [-0.2, -0.15) is 18.3 Å². The van der Waals surface area contributed by atoms with E-state index in [0.717, 1.165) is 54.2 Å². The number of likely N-dealkylation sites (tertiary alicyclic amines) is 1. The van der Waals surface area contributed by atoms with Gasteiger partial charge < -0.3 is 15.3 Å². The van der Waals surface area contributed by atoms with Crippen molar-refractivity contribution in [2.75, 3.05) is 36.4 Å². The number of fused-ring (bicyclic) bond motifs is 1. The Hall–Kier alpha value is -3.54. The molecule has 5 rings (SSSR count). The molecule has 2 N–H and O–H groups in total. The summed E-state index contributed by atoms with van der Waals surface area (Å²) >= 11 is 0. The van der Waals surface area contributed by atoms with Crippen LogP contribution in [0.25, 0.3) is 10.8 Å². The summed E-state index contributed by atoms with van der Waals surface area (Å²) in [7, 11) is 0. The molecule has 7 nitrogen and oxygen atoms in total. The van der Waals surface area contributed by atoms with Crippen LogP contribution in [0.15, 0.2) is 36.4 Å². The third-order valence-electron chi connectivity index (χ3n) is 7.99. The van der Waals surface area contributed by atoms with E-state index in [-0.39, 0.29) is 31.0 Å². The van der Waals surface area contributed by atoms with Gasteiger partial charge in [0, 0.05) is 48.6 Å². The summed E-state index contributed by atoms with van der Waals surface area (Å²) in [5, 5.41) is 20.6.